The second kappa shape index (κ2) is 7.21. The molecule has 0 bridgehead atoms. The maximum Gasteiger partial charge on any atom is 0.240 e. The fourth-order valence-corrected chi connectivity index (χ4v) is 3.27. The van der Waals surface area contributed by atoms with E-state index in [1.165, 1.54) is 12.1 Å². The molecule has 102 valence electrons. The molecule has 0 spiro atoms. The number of hydrogen-bond acceptors (Lipinski definition) is 2. The quantitative estimate of drug-likeness (QED) is 0.614. The van der Waals surface area contributed by atoms with Crippen LogP contribution in [0.1, 0.15) is 24.8 Å². The van der Waals surface area contributed by atoms with Crippen LogP contribution in [-0.2, 0) is 10.0 Å². The Bertz CT molecular complexity index is 491. The smallest absolute Gasteiger partial charge is 0.211 e. The lowest BCUT2D eigenvalue weighted by atomic mass is 10.2. The molecule has 1 N–H and O–H groups in total. The zero-order valence-corrected chi connectivity index (χ0v) is 12.7. The van der Waals surface area contributed by atoms with Gasteiger partial charge in [-0.15, -0.1) is 0 Å². The Morgan fingerprint density at radius 1 is 1.28 bits per heavy atom. The van der Waals surface area contributed by atoms with E-state index in [1.54, 1.807) is 6.92 Å². The predicted molar refractivity (Wildman–Crippen MR) is 74.0 cm³/mol. The molecule has 0 aliphatic carbocycles. The van der Waals surface area contributed by atoms with E-state index in [0.29, 0.717) is 12.1 Å². The van der Waals surface area contributed by atoms with Crippen LogP contribution >= 0.6 is 15.9 Å². The Balaban J connectivity index is 2.66. The van der Waals surface area contributed by atoms with Crippen molar-refractivity contribution >= 4 is 26.0 Å². The second-order valence-corrected chi connectivity index (χ2v) is 6.59. The SMILES string of the molecule is Cc1ccc(F)cc1S(=O)(=O)NCCCCCBr. The summed E-state index contributed by atoms with van der Waals surface area (Å²) in [6, 6.07) is 3.77. The first-order valence-corrected chi connectivity index (χ1v) is 8.39. The molecule has 0 aliphatic heterocycles. The van der Waals surface area contributed by atoms with E-state index in [-0.39, 0.29) is 4.90 Å². The van der Waals surface area contributed by atoms with Crippen molar-refractivity contribution in [2.24, 2.45) is 0 Å². The van der Waals surface area contributed by atoms with E-state index in [9.17, 15) is 12.8 Å². The summed E-state index contributed by atoms with van der Waals surface area (Å²) < 4.78 is 39.5. The summed E-state index contributed by atoms with van der Waals surface area (Å²) in [5, 5.41) is 0.919. The van der Waals surface area contributed by atoms with Crippen molar-refractivity contribution in [2.45, 2.75) is 31.1 Å². The van der Waals surface area contributed by atoms with E-state index < -0.39 is 15.8 Å². The minimum atomic E-state index is -3.60. The number of halogens is 2. The third kappa shape index (κ3) is 4.66. The zero-order chi connectivity index (χ0) is 13.6. The first-order valence-electron chi connectivity index (χ1n) is 5.79. The number of sulfonamides is 1. The van der Waals surface area contributed by atoms with Crippen molar-refractivity contribution < 1.29 is 12.8 Å². The number of nitrogens with one attached hydrogen (secondary N) is 1. The van der Waals surface area contributed by atoms with Gasteiger partial charge in [-0.3, -0.25) is 0 Å². The van der Waals surface area contributed by atoms with Crippen LogP contribution in [0.25, 0.3) is 0 Å². The van der Waals surface area contributed by atoms with E-state index >= 15 is 0 Å². The Hall–Kier alpha value is -0.460. The Morgan fingerprint density at radius 2 is 2.00 bits per heavy atom. The fourth-order valence-electron chi connectivity index (χ4n) is 1.54. The van der Waals surface area contributed by atoms with Crippen molar-refractivity contribution in [2.75, 3.05) is 11.9 Å². The van der Waals surface area contributed by atoms with Gasteiger partial charge in [-0.05, 0) is 37.5 Å². The molecule has 0 aliphatic rings. The molecule has 0 unspecified atom stereocenters. The minimum Gasteiger partial charge on any atom is -0.211 e. The average molecular weight is 338 g/mol. The molecular formula is C12H17BrFNO2S. The van der Waals surface area contributed by atoms with Crippen molar-refractivity contribution in [3.8, 4) is 0 Å². The van der Waals surface area contributed by atoms with Crippen LogP contribution in [0.5, 0.6) is 0 Å². The molecular weight excluding hydrogens is 321 g/mol. The molecule has 0 heterocycles. The van der Waals surface area contributed by atoms with Gasteiger partial charge in [0.05, 0.1) is 4.90 Å². The number of alkyl halides is 1. The molecule has 18 heavy (non-hydrogen) atoms. The zero-order valence-electron chi connectivity index (χ0n) is 10.2. The number of unbranched alkanes of at least 4 members (excludes halogenated alkanes) is 2. The van der Waals surface area contributed by atoms with Crippen LogP contribution in [0.4, 0.5) is 4.39 Å². The van der Waals surface area contributed by atoms with Crippen LogP contribution in [0, 0.1) is 12.7 Å². The lowest BCUT2D eigenvalue weighted by molar-refractivity contribution is 0.572. The van der Waals surface area contributed by atoms with Gasteiger partial charge in [0, 0.05) is 11.9 Å². The van der Waals surface area contributed by atoms with E-state index in [1.807, 2.05) is 0 Å². The monoisotopic (exact) mass is 337 g/mol. The molecule has 0 aromatic heterocycles. The summed E-state index contributed by atoms with van der Waals surface area (Å²) in [5.74, 6) is -0.541. The number of hydrogen-bond donors (Lipinski definition) is 1. The Kier molecular flexibility index (Phi) is 6.25. The third-order valence-electron chi connectivity index (χ3n) is 2.54. The molecule has 1 aromatic carbocycles. The molecule has 0 radical (unpaired) electrons. The summed E-state index contributed by atoms with van der Waals surface area (Å²) in [7, 11) is -3.60. The van der Waals surface area contributed by atoms with Crippen LogP contribution in [0.3, 0.4) is 0 Å². The highest BCUT2D eigenvalue weighted by Gasteiger charge is 2.16. The summed E-state index contributed by atoms with van der Waals surface area (Å²) >= 11 is 3.31. The van der Waals surface area contributed by atoms with Crippen LogP contribution in [0.2, 0.25) is 0 Å². The molecule has 6 heteroatoms. The highest BCUT2D eigenvalue weighted by Crippen LogP contribution is 2.16. The van der Waals surface area contributed by atoms with Gasteiger partial charge in [0.15, 0.2) is 0 Å². The molecule has 0 saturated heterocycles. The second-order valence-electron chi connectivity index (χ2n) is 4.06. The molecule has 0 saturated carbocycles. The molecule has 1 rings (SSSR count). The van der Waals surface area contributed by atoms with Gasteiger partial charge in [-0.2, -0.15) is 0 Å². The van der Waals surface area contributed by atoms with Gasteiger partial charge in [0.2, 0.25) is 10.0 Å². The van der Waals surface area contributed by atoms with Crippen molar-refractivity contribution in [1.29, 1.82) is 0 Å². The van der Waals surface area contributed by atoms with Crippen LogP contribution < -0.4 is 4.72 Å². The highest BCUT2D eigenvalue weighted by atomic mass is 79.9. The molecule has 3 nitrogen and oxygen atoms in total. The maximum absolute atomic E-state index is 13.1. The van der Waals surface area contributed by atoms with Crippen LogP contribution in [0.15, 0.2) is 23.1 Å². The van der Waals surface area contributed by atoms with E-state index in [2.05, 4.69) is 20.7 Å². The number of benzene rings is 1. The van der Waals surface area contributed by atoms with Gasteiger partial charge < -0.3 is 0 Å². The minimum absolute atomic E-state index is 0.0167. The summed E-state index contributed by atoms with van der Waals surface area (Å²) in [4.78, 5) is 0.0167. The van der Waals surface area contributed by atoms with E-state index in [0.717, 1.165) is 30.7 Å². The van der Waals surface area contributed by atoms with Crippen LogP contribution in [-0.4, -0.2) is 20.3 Å². The van der Waals surface area contributed by atoms with Gasteiger partial charge in [-0.1, -0.05) is 28.4 Å². The largest absolute Gasteiger partial charge is 0.240 e. The lowest BCUT2D eigenvalue weighted by Crippen LogP contribution is -2.25. The van der Waals surface area contributed by atoms with Gasteiger partial charge in [-0.25, -0.2) is 17.5 Å². The van der Waals surface area contributed by atoms with Gasteiger partial charge in [0.25, 0.3) is 0 Å². The number of rotatable bonds is 7. The standard InChI is InChI=1S/C12H17BrFNO2S/c1-10-5-6-11(14)9-12(10)18(16,17)15-8-4-2-3-7-13/h5-6,9,15H,2-4,7-8H2,1H3. The topological polar surface area (TPSA) is 46.2 Å². The Labute approximate surface area is 116 Å². The highest BCUT2D eigenvalue weighted by molar-refractivity contribution is 9.09. The first kappa shape index (κ1) is 15.6. The molecule has 0 fully saturated rings. The van der Waals surface area contributed by atoms with E-state index in [4.69, 9.17) is 0 Å². The summed E-state index contributed by atoms with van der Waals surface area (Å²) in [6.45, 7) is 2.03. The normalized spacial score (nSPS) is 11.7. The average Bonchev–Trinajstić information content (AvgIpc) is 2.32. The maximum atomic E-state index is 13.1. The number of aryl methyl sites for hydroxylation is 1. The lowest BCUT2D eigenvalue weighted by Gasteiger charge is -2.09. The predicted octanol–water partition coefficient (Wildman–Crippen LogP) is 2.98. The summed E-state index contributed by atoms with van der Waals surface area (Å²) in [6.07, 6.45) is 2.75. The van der Waals surface area contributed by atoms with Gasteiger partial charge in [0.1, 0.15) is 5.82 Å². The molecule has 0 amide bonds. The summed E-state index contributed by atoms with van der Waals surface area (Å²) in [5.41, 5.74) is 0.546. The van der Waals surface area contributed by atoms with Crippen molar-refractivity contribution in [1.82, 2.24) is 4.72 Å². The fraction of sp³-hybridized carbons (Fsp3) is 0.500. The molecule has 0 atom stereocenters. The molecule has 1 aromatic rings. The van der Waals surface area contributed by atoms with Crippen molar-refractivity contribution in [3.05, 3.63) is 29.6 Å². The van der Waals surface area contributed by atoms with Crippen molar-refractivity contribution in [3.63, 3.8) is 0 Å². The van der Waals surface area contributed by atoms with Gasteiger partial charge >= 0.3 is 0 Å². The Morgan fingerprint density at radius 3 is 2.67 bits per heavy atom. The third-order valence-corrected chi connectivity index (χ3v) is 4.71. The first-order chi connectivity index (χ1) is 8.47.